The topological polar surface area (TPSA) is 76.1 Å². The number of nitrogens with zero attached hydrogens (tertiary/aromatic N) is 2. The maximum atomic E-state index is 12.7. The SMILES string of the molecule is CCOc1ccc(NC(=O)c2cc(C)nc(Nc3c(C)cc(C)cc3C)n2)cc1. The van der Waals surface area contributed by atoms with Crippen molar-refractivity contribution in [3.63, 3.8) is 0 Å². The van der Waals surface area contributed by atoms with Gasteiger partial charge in [0.2, 0.25) is 5.95 Å². The summed E-state index contributed by atoms with van der Waals surface area (Å²) >= 11 is 0. The van der Waals surface area contributed by atoms with E-state index in [-0.39, 0.29) is 5.91 Å². The fraction of sp³-hybridized carbons (Fsp3) is 0.261. The summed E-state index contributed by atoms with van der Waals surface area (Å²) in [6.07, 6.45) is 0. The summed E-state index contributed by atoms with van der Waals surface area (Å²) in [7, 11) is 0. The largest absolute Gasteiger partial charge is 0.494 e. The van der Waals surface area contributed by atoms with Gasteiger partial charge in [0.1, 0.15) is 11.4 Å². The zero-order valence-corrected chi connectivity index (χ0v) is 17.5. The molecule has 0 radical (unpaired) electrons. The summed E-state index contributed by atoms with van der Waals surface area (Å²) in [6.45, 7) is 10.5. The van der Waals surface area contributed by atoms with E-state index in [1.165, 1.54) is 5.56 Å². The number of carbonyl (C=O) groups is 1. The summed E-state index contributed by atoms with van der Waals surface area (Å²) in [6, 6.07) is 13.1. The molecule has 0 atom stereocenters. The number of ether oxygens (including phenoxy) is 1. The Hall–Kier alpha value is -3.41. The molecule has 0 aliphatic rings. The molecule has 0 aliphatic carbocycles. The van der Waals surface area contributed by atoms with Crippen LogP contribution in [0.5, 0.6) is 5.75 Å². The van der Waals surface area contributed by atoms with Crippen molar-refractivity contribution < 1.29 is 9.53 Å². The van der Waals surface area contributed by atoms with Gasteiger partial charge in [0.15, 0.2) is 0 Å². The maximum Gasteiger partial charge on any atom is 0.274 e. The second kappa shape index (κ2) is 8.73. The molecule has 150 valence electrons. The Morgan fingerprint density at radius 3 is 2.24 bits per heavy atom. The van der Waals surface area contributed by atoms with Gasteiger partial charge in [0.25, 0.3) is 5.91 Å². The number of rotatable bonds is 6. The Labute approximate surface area is 171 Å². The van der Waals surface area contributed by atoms with Crippen LogP contribution in [-0.4, -0.2) is 22.5 Å². The minimum Gasteiger partial charge on any atom is -0.494 e. The predicted octanol–water partition coefficient (Wildman–Crippen LogP) is 5.10. The molecule has 0 saturated heterocycles. The quantitative estimate of drug-likeness (QED) is 0.612. The highest BCUT2D eigenvalue weighted by Crippen LogP contribution is 2.25. The van der Waals surface area contributed by atoms with E-state index in [4.69, 9.17) is 4.74 Å². The Kier molecular flexibility index (Phi) is 6.12. The molecule has 2 N–H and O–H groups in total. The summed E-state index contributed by atoms with van der Waals surface area (Å²) < 4.78 is 5.42. The lowest BCUT2D eigenvalue weighted by molar-refractivity contribution is 0.102. The van der Waals surface area contributed by atoms with Crippen molar-refractivity contribution in [1.82, 2.24) is 9.97 Å². The summed E-state index contributed by atoms with van der Waals surface area (Å²) in [5, 5.41) is 6.13. The van der Waals surface area contributed by atoms with Crippen molar-refractivity contribution >= 4 is 23.2 Å². The number of anilines is 3. The second-order valence-corrected chi connectivity index (χ2v) is 7.03. The van der Waals surface area contributed by atoms with E-state index in [9.17, 15) is 4.79 Å². The van der Waals surface area contributed by atoms with E-state index in [0.29, 0.717) is 29.6 Å². The lowest BCUT2D eigenvalue weighted by Gasteiger charge is -2.14. The van der Waals surface area contributed by atoms with Crippen LogP contribution in [0.2, 0.25) is 0 Å². The van der Waals surface area contributed by atoms with Gasteiger partial charge in [-0.05, 0) is 76.1 Å². The highest BCUT2D eigenvalue weighted by atomic mass is 16.5. The third kappa shape index (κ3) is 5.10. The smallest absolute Gasteiger partial charge is 0.274 e. The molecule has 6 heteroatoms. The van der Waals surface area contributed by atoms with Crippen LogP contribution >= 0.6 is 0 Å². The van der Waals surface area contributed by atoms with Gasteiger partial charge < -0.3 is 15.4 Å². The number of carbonyl (C=O) groups excluding carboxylic acids is 1. The summed E-state index contributed by atoms with van der Waals surface area (Å²) in [5.74, 6) is 0.871. The first-order valence-corrected chi connectivity index (χ1v) is 9.60. The van der Waals surface area contributed by atoms with Gasteiger partial charge in [-0.3, -0.25) is 4.79 Å². The third-order valence-corrected chi connectivity index (χ3v) is 4.42. The van der Waals surface area contributed by atoms with Crippen molar-refractivity contribution in [2.24, 2.45) is 0 Å². The third-order valence-electron chi connectivity index (χ3n) is 4.42. The van der Waals surface area contributed by atoms with Crippen molar-refractivity contribution in [3.8, 4) is 5.75 Å². The monoisotopic (exact) mass is 390 g/mol. The molecule has 3 aromatic rings. The van der Waals surface area contributed by atoms with Crippen LogP contribution in [0.3, 0.4) is 0 Å². The molecule has 3 rings (SSSR count). The first kappa shape index (κ1) is 20.3. The zero-order valence-electron chi connectivity index (χ0n) is 17.5. The van der Waals surface area contributed by atoms with Crippen molar-refractivity contribution in [1.29, 1.82) is 0 Å². The molecule has 0 fully saturated rings. The molecule has 1 amide bonds. The van der Waals surface area contributed by atoms with Gasteiger partial charge in [-0.25, -0.2) is 9.97 Å². The highest BCUT2D eigenvalue weighted by molar-refractivity contribution is 6.03. The van der Waals surface area contributed by atoms with E-state index >= 15 is 0 Å². The Morgan fingerprint density at radius 1 is 0.966 bits per heavy atom. The lowest BCUT2D eigenvalue weighted by atomic mass is 10.1. The van der Waals surface area contributed by atoms with Gasteiger partial charge in [-0.15, -0.1) is 0 Å². The molecular formula is C23H26N4O2. The Bertz CT molecular complexity index is 1010. The average molecular weight is 390 g/mol. The van der Waals surface area contributed by atoms with Gasteiger partial charge in [0.05, 0.1) is 6.61 Å². The van der Waals surface area contributed by atoms with E-state index in [2.05, 4.69) is 39.7 Å². The number of hydrogen-bond donors (Lipinski definition) is 2. The van der Waals surface area contributed by atoms with Gasteiger partial charge in [-0.2, -0.15) is 0 Å². The van der Waals surface area contributed by atoms with Crippen LogP contribution in [0.25, 0.3) is 0 Å². The number of benzene rings is 2. The van der Waals surface area contributed by atoms with E-state index < -0.39 is 0 Å². The van der Waals surface area contributed by atoms with Crippen molar-refractivity contribution in [2.75, 3.05) is 17.2 Å². The Balaban J connectivity index is 1.80. The van der Waals surface area contributed by atoms with Crippen LogP contribution in [0.15, 0.2) is 42.5 Å². The first-order valence-electron chi connectivity index (χ1n) is 9.60. The highest BCUT2D eigenvalue weighted by Gasteiger charge is 2.13. The fourth-order valence-electron chi connectivity index (χ4n) is 3.23. The maximum absolute atomic E-state index is 12.7. The van der Waals surface area contributed by atoms with Gasteiger partial charge >= 0.3 is 0 Å². The normalized spacial score (nSPS) is 10.5. The molecule has 0 saturated carbocycles. The second-order valence-electron chi connectivity index (χ2n) is 7.03. The lowest BCUT2D eigenvalue weighted by Crippen LogP contribution is -2.15. The molecule has 0 aliphatic heterocycles. The van der Waals surface area contributed by atoms with Crippen LogP contribution < -0.4 is 15.4 Å². The molecule has 2 aromatic carbocycles. The van der Waals surface area contributed by atoms with Crippen molar-refractivity contribution in [3.05, 3.63) is 70.5 Å². The zero-order chi connectivity index (χ0) is 21.0. The number of hydrogen-bond acceptors (Lipinski definition) is 5. The molecule has 0 unspecified atom stereocenters. The molecule has 1 heterocycles. The molecule has 0 spiro atoms. The average Bonchev–Trinajstić information content (AvgIpc) is 2.66. The number of aryl methyl sites for hydroxylation is 4. The fourth-order valence-corrected chi connectivity index (χ4v) is 3.23. The van der Waals surface area contributed by atoms with E-state index in [1.54, 1.807) is 18.2 Å². The summed E-state index contributed by atoms with van der Waals surface area (Å²) in [5.41, 5.74) is 6.05. The minimum atomic E-state index is -0.292. The molecule has 6 nitrogen and oxygen atoms in total. The van der Waals surface area contributed by atoms with Crippen LogP contribution in [0, 0.1) is 27.7 Å². The predicted molar refractivity (Wildman–Crippen MR) is 116 cm³/mol. The van der Waals surface area contributed by atoms with Gasteiger partial charge in [-0.1, -0.05) is 17.7 Å². The number of amides is 1. The van der Waals surface area contributed by atoms with Crippen LogP contribution in [0.4, 0.5) is 17.3 Å². The molecular weight excluding hydrogens is 364 g/mol. The van der Waals surface area contributed by atoms with Crippen LogP contribution in [-0.2, 0) is 0 Å². The molecule has 0 bridgehead atoms. The van der Waals surface area contributed by atoms with E-state index in [0.717, 1.165) is 22.6 Å². The standard InChI is InChI=1S/C23H26N4O2/c1-6-29-19-9-7-18(8-10-19)25-22(28)20-13-17(5)24-23(26-20)27-21-15(3)11-14(2)12-16(21)4/h7-13H,6H2,1-5H3,(H,25,28)(H,24,26,27). The first-order chi connectivity index (χ1) is 13.9. The van der Waals surface area contributed by atoms with Crippen molar-refractivity contribution in [2.45, 2.75) is 34.6 Å². The molecule has 1 aromatic heterocycles. The molecule has 29 heavy (non-hydrogen) atoms. The number of nitrogens with one attached hydrogen (secondary N) is 2. The minimum absolute atomic E-state index is 0.292. The van der Waals surface area contributed by atoms with Crippen LogP contribution in [0.1, 0.15) is 39.8 Å². The van der Waals surface area contributed by atoms with Gasteiger partial charge in [0, 0.05) is 17.1 Å². The Morgan fingerprint density at radius 2 is 1.62 bits per heavy atom. The number of aromatic nitrogens is 2. The van der Waals surface area contributed by atoms with E-state index in [1.807, 2.05) is 39.8 Å². The summed E-state index contributed by atoms with van der Waals surface area (Å²) in [4.78, 5) is 21.6.